The van der Waals surface area contributed by atoms with Crippen LogP contribution in [0.1, 0.15) is 36.4 Å². The van der Waals surface area contributed by atoms with Crippen molar-refractivity contribution >= 4 is 11.6 Å². The van der Waals surface area contributed by atoms with E-state index in [4.69, 9.17) is 21.9 Å². The van der Waals surface area contributed by atoms with E-state index in [1.807, 2.05) is 30.5 Å². The lowest BCUT2D eigenvalue weighted by molar-refractivity contribution is 0.231. The molecular formula is C17H19ClN6O. The molecule has 8 heteroatoms. The number of halogens is 1. The third-order valence-corrected chi connectivity index (χ3v) is 4.71. The SMILES string of the molecule is NCc1nc(CN2CCCC2c2ncc(-c3ccc(Cl)cc3)[nH]2)no1. The van der Waals surface area contributed by atoms with Crippen LogP contribution in [0, 0.1) is 0 Å². The normalized spacial score (nSPS) is 18.1. The Balaban J connectivity index is 1.51. The standard InChI is InChI=1S/C17H19ClN6O/c18-12-5-3-11(4-6-12)13-9-20-17(21-13)14-2-1-7-24(14)10-15-22-16(8-19)25-23-15/h3-6,9,14H,1-2,7-8,10,19H2,(H,20,21). The molecule has 3 N–H and O–H groups in total. The van der Waals surface area contributed by atoms with E-state index in [2.05, 4.69) is 25.0 Å². The molecule has 1 aliphatic heterocycles. The molecule has 0 amide bonds. The number of nitrogens with two attached hydrogens (primary N) is 1. The summed E-state index contributed by atoms with van der Waals surface area (Å²) in [6.07, 6.45) is 4.04. The fourth-order valence-corrected chi connectivity index (χ4v) is 3.35. The van der Waals surface area contributed by atoms with E-state index in [1.165, 1.54) is 0 Å². The topological polar surface area (TPSA) is 96.9 Å². The van der Waals surface area contributed by atoms with E-state index in [0.29, 0.717) is 18.3 Å². The van der Waals surface area contributed by atoms with Crippen LogP contribution in [0.5, 0.6) is 0 Å². The van der Waals surface area contributed by atoms with Crippen LogP contribution < -0.4 is 5.73 Å². The number of likely N-dealkylation sites (tertiary alicyclic amines) is 1. The number of hydrogen-bond acceptors (Lipinski definition) is 6. The summed E-state index contributed by atoms with van der Waals surface area (Å²) in [5.41, 5.74) is 7.58. The molecule has 0 aliphatic carbocycles. The molecule has 1 aromatic carbocycles. The lowest BCUT2D eigenvalue weighted by atomic mass is 10.2. The fraction of sp³-hybridized carbons (Fsp3) is 0.353. The third kappa shape index (κ3) is 3.44. The molecule has 4 rings (SSSR count). The summed E-state index contributed by atoms with van der Waals surface area (Å²) in [4.78, 5) is 14.6. The number of aromatic amines is 1. The maximum Gasteiger partial charge on any atom is 0.240 e. The summed E-state index contributed by atoms with van der Waals surface area (Å²) in [5, 5.41) is 4.71. The molecule has 7 nitrogen and oxygen atoms in total. The highest BCUT2D eigenvalue weighted by molar-refractivity contribution is 6.30. The summed E-state index contributed by atoms with van der Waals surface area (Å²) in [5.74, 6) is 2.09. The van der Waals surface area contributed by atoms with E-state index < -0.39 is 0 Å². The fourth-order valence-electron chi connectivity index (χ4n) is 3.23. The van der Waals surface area contributed by atoms with Crippen LogP contribution in [0.3, 0.4) is 0 Å². The number of nitrogens with zero attached hydrogens (tertiary/aromatic N) is 4. The number of rotatable bonds is 5. The zero-order valence-electron chi connectivity index (χ0n) is 13.7. The van der Waals surface area contributed by atoms with Crippen LogP contribution in [0.4, 0.5) is 0 Å². The van der Waals surface area contributed by atoms with Gasteiger partial charge in [0.15, 0.2) is 5.82 Å². The largest absolute Gasteiger partial charge is 0.341 e. The zero-order valence-corrected chi connectivity index (χ0v) is 14.4. The summed E-state index contributed by atoms with van der Waals surface area (Å²) in [7, 11) is 0. The summed E-state index contributed by atoms with van der Waals surface area (Å²) in [6, 6.07) is 7.95. The van der Waals surface area contributed by atoms with Gasteiger partial charge < -0.3 is 15.2 Å². The Labute approximate surface area is 150 Å². The Morgan fingerprint density at radius 1 is 1.32 bits per heavy atom. The highest BCUT2D eigenvalue weighted by Crippen LogP contribution is 2.32. The minimum atomic E-state index is 0.223. The summed E-state index contributed by atoms with van der Waals surface area (Å²) in [6.45, 7) is 1.87. The maximum absolute atomic E-state index is 5.96. The van der Waals surface area contributed by atoms with Gasteiger partial charge in [-0.25, -0.2) is 4.98 Å². The van der Waals surface area contributed by atoms with Gasteiger partial charge in [-0.15, -0.1) is 0 Å². The van der Waals surface area contributed by atoms with Crippen LogP contribution in [-0.4, -0.2) is 31.6 Å². The second-order valence-corrected chi connectivity index (χ2v) is 6.56. The van der Waals surface area contributed by atoms with Crippen molar-refractivity contribution in [2.75, 3.05) is 6.54 Å². The lowest BCUT2D eigenvalue weighted by Gasteiger charge is -2.20. The average molecular weight is 359 g/mol. The number of aromatic nitrogens is 4. The van der Waals surface area contributed by atoms with Gasteiger partial charge in [-0.3, -0.25) is 4.90 Å². The summed E-state index contributed by atoms with van der Waals surface area (Å²) < 4.78 is 5.09. The van der Waals surface area contributed by atoms with Crippen LogP contribution in [0.2, 0.25) is 5.02 Å². The monoisotopic (exact) mass is 358 g/mol. The maximum atomic E-state index is 5.96. The molecule has 1 aliphatic rings. The van der Waals surface area contributed by atoms with Crippen LogP contribution in [-0.2, 0) is 13.1 Å². The van der Waals surface area contributed by atoms with Gasteiger partial charge in [-0.05, 0) is 37.1 Å². The number of imidazole rings is 1. The number of hydrogen-bond donors (Lipinski definition) is 2. The quantitative estimate of drug-likeness (QED) is 0.727. The van der Waals surface area contributed by atoms with Crippen molar-refractivity contribution in [2.45, 2.75) is 32.0 Å². The first kappa shape index (κ1) is 16.3. The van der Waals surface area contributed by atoms with E-state index in [-0.39, 0.29) is 12.6 Å². The number of nitrogens with one attached hydrogen (secondary N) is 1. The molecule has 0 saturated carbocycles. The first-order valence-corrected chi connectivity index (χ1v) is 8.67. The van der Waals surface area contributed by atoms with Gasteiger partial charge in [0.25, 0.3) is 0 Å². The smallest absolute Gasteiger partial charge is 0.240 e. The van der Waals surface area contributed by atoms with Crippen LogP contribution >= 0.6 is 11.6 Å². The predicted octanol–water partition coefficient (Wildman–Crippen LogP) is 2.91. The Bertz CT molecular complexity index is 843. The highest BCUT2D eigenvalue weighted by Gasteiger charge is 2.29. The molecule has 3 heterocycles. The first-order valence-electron chi connectivity index (χ1n) is 8.29. The van der Waals surface area contributed by atoms with Crippen molar-refractivity contribution in [3.8, 4) is 11.3 Å². The molecule has 130 valence electrons. The minimum absolute atomic E-state index is 0.223. The van der Waals surface area contributed by atoms with Gasteiger partial charge in [-0.2, -0.15) is 4.98 Å². The van der Waals surface area contributed by atoms with Gasteiger partial charge >= 0.3 is 0 Å². The van der Waals surface area contributed by atoms with Crippen molar-refractivity contribution < 1.29 is 4.52 Å². The van der Waals surface area contributed by atoms with Gasteiger partial charge in [0.1, 0.15) is 5.82 Å². The predicted molar refractivity (Wildman–Crippen MR) is 93.6 cm³/mol. The Morgan fingerprint density at radius 2 is 2.16 bits per heavy atom. The second kappa shape index (κ2) is 6.95. The first-order chi connectivity index (χ1) is 12.2. The molecule has 3 aromatic rings. The van der Waals surface area contributed by atoms with Crippen molar-refractivity contribution in [1.29, 1.82) is 0 Å². The van der Waals surface area contributed by atoms with Crippen molar-refractivity contribution in [3.05, 3.63) is 53.0 Å². The second-order valence-electron chi connectivity index (χ2n) is 6.13. The molecule has 1 unspecified atom stereocenters. The van der Waals surface area contributed by atoms with Gasteiger partial charge in [0.2, 0.25) is 5.89 Å². The molecule has 1 fully saturated rings. The third-order valence-electron chi connectivity index (χ3n) is 4.46. The van der Waals surface area contributed by atoms with E-state index in [9.17, 15) is 0 Å². The van der Waals surface area contributed by atoms with Crippen molar-refractivity contribution in [1.82, 2.24) is 25.0 Å². The zero-order chi connectivity index (χ0) is 17.2. The Hall–Kier alpha value is -2.22. The van der Waals surface area contributed by atoms with Crippen LogP contribution in [0.15, 0.2) is 35.0 Å². The summed E-state index contributed by atoms with van der Waals surface area (Å²) >= 11 is 5.96. The minimum Gasteiger partial charge on any atom is -0.341 e. The van der Waals surface area contributed by atoms with E-state index in [0.717, 1.165) is 41.5 Å². The van der Waals surface area contributed by atoms with Gasteiger partial charge in [-0.1, -0.05) is 28.9 Å². The Morgan fingerprint density at radius 3 is 2.92 bits per heavy atom. The van der Waals surface area contributed by atoms with Crippen molar-refractivity contribution in [2.24, 2.45) is 5.73 Å². The van der Waals surface area contributed by atoms with E-state index in [1.54, 1.807) is 0 Å². The number of benzene rings is 1. The average Bonchev–Trinajstić information content (AvgIpc) is 3.36. The molecule has 0 radical (unpaired) electrons. The molecule has 1 atom stereocenters. The Kier molecular flexibility index (Phi) is 4.52. The molecule has 0 spiro atoms. The molecule has 0 bridgehead atoms. The highest BCUT2D eigenvalue weighted by atomic mass is 35.5. The van der Waals surface area contributed by atoms with Gasteiger partial charge in [0, 0.05) is 5.02 Å². The lowest BCUT2D eigenvalue weighted by Crippen LogP contribution is -2.24. The number of H-pyrrole nitrogens is 1. The van der Waals surface area contributed by atoms with Gasteiger partial charge in [0.05, 0.1) is 31.0 Å². The molecule has 25 heavy (non-hydrogen) atoms. The van der Waals surface area contributed by atoms with Crippen LogP contribution in [0.25, 0.3) is 11.3 Å². The molecule has 2 aromatic heterocycles. The van der Waals surface area contributed by atoms with Crippen molar-refractivity contribution in [3.63, 3.8) is 0 Å². The molecule has 1 saturated heterocycles. The van der Waals surface area contributed by atoms with E-state index >= 15 is 0 Å². The molecular weight excluding hydrogens is 340 g/mol.